The van der Waals surface area contributed by atoms with Crippen molar-refractivity contribution in [2.75, 3.05) is 0 Å². The van der Waals surface area contributed by atoms with Gasteiger partial charge >= 0.3 is 11.9 Å². The van der Waals surface area contributed by atoms with Crippen LogP contribution in [0.15, 0.2) is 24.3 Å². The molecule has 0 aliphatic heterocycles. The zero-order chi connectivity index (χ0) is 27.0. The lowest BCUT2D eigenvalue weighted by Gasteiger charge is -2.19. The van der Waals surface area contributed by atoms with Gasteiger partial charge in [-0.05, 0) is 37.8 Å². The SMILES string of the molecule is CCCCCCCCCCCCC(CCCCCCCCCCCC)OC(=O)c1ccccc1C(=O)O. The van der Waals surface area contributed by atoms with Gasteiger partial charge in [-0.25, -0.2) is 9.59 Å². The van der Waals surface area contributed by atoms with Crippen molar-refractivity contribution in [1.29, 1.82) is 0 Å². The second-order valence-electron chi connectivity index (χ2n) is 10.8. The van der Waals surface area contributed by atoms with Gasteiger partial charge in [-0.2, -0.15) is 0 Å². The van der Waals surface area contributed by atoms with Crippen LogP contribution in [0.4, 0.5) is 0 Å². The summed E-state index contributed by atoms with van der Waals surface area (Å²) in [6.07, 6.45) is 27.3. The first-order chi connectivity index (χ1) is 18.1. The van der Waals surface area contributed by atoms with Gasteiger partial charge in [-0.15, -0.1) is 0 Å². The maximum Gasteiger partial charge on any atom is 0.339 e. The first kappa shape index (κ1) is 33.2. The summed E-state index contributed by atoms with van der Waals surface area (Å²) in [5.41, 5.74) is 0.176. The van der Waals surface area contributed by atoms with E-state index in [4.69, 9.17) is 4.74 Å². The minimum absolute atomic E-state index is 0.0177. The fourth-order valence-corrected chi connectivity index (χ4v) is 5.04. The van der Waals surface area contributed by atoms with E-state index in [2.05, 4.69) is 13.8 Å². The number of carbonyl (C=O) groups is 2. The minimum atomic E-state index is -1.09. The molecule has 0 aliphatic rings. The van der Waals surface area contributed by atoms with E-state index < -0.39 is 11.9 Å². The molecule has 37 heavy (non-hydrogen) atoms. The molecule has 0 radical (unpaired) electrons. The molecule has 1 aromatic carbocycles. The van der Waals surface area contributed by atoms with E-state index >= 15 is 0 Å². The van der Waals surface area contributed by atoms with Crippen LogP contribution in [0.25, 0.3) is 0 Å². The molecule has 0 spiro atoms. The monoisotopic (exact) mass is 516 g/mol. The summed E-state index contributed by atoms with van der Waals surface area (Å²) in [4.78, 5) is 24.4. The van der Waals surface area contributed by atoms with Crippen molar-refractivity contribution in [1.82, 2.24) is 0 Å². The molecule has 0 amide bonds. The van der Waals surface area contributed by atoms with Crippen LogP contribution in [0.1, 0.15) is 176 Å². The molecule has 1 N–H and O–H groups in total. The lowest BCUT2D eigenvalue weighted by molar-refractivity contribution is 0.0244. The van der Waals surface area contributed by atoms with Crippen molar-refractivity contribution in [3.05, 3.63) is 35.4 Å². The van der Waals surface area contributed by atoms with Crippen molar-refractivity contribution in [3.63, 3.8) is 0 Å². The number of esters is 1. The molecule has 0 saturated carbocycles. The van der Waals surface area contributed by atoms with Gasteiger partial charge < -0.3 is 9.84 Å². The zero-order valence-corrected chi connectivity index (χ0v) is 24.1. The van der Waals surface area contributed by atoms with Crippen LogP contribution < -0.4 is 0 Å². The van der Waals surface area contributed by atoms with Gasteiger partial charge in [0.2, 0.25) is 0 Å². The van der Waals surface area contributed by atoms with Gasteiger partial charge in [-0.1, -0.05) is 142 Å². The highest BCUT2D eigenvalue weighted by Crippen LogP contribution is 2.20. The smallest absolute Gasteiger partial charge is 0.339 e. The predicted octanol–water partition coefficient (Wildman–Crippen LogP) is 10.5. The third-order valence-corrected chi connectivity index (χ3v) is 7.41. The topological polar surface area (TPSA) is 63.6 Å². The molecule has 0 saturated heterocycles. The van der Waals surface area contributed by atoms with Gasteiger partial charge in [0.1, 0.15) is 6.10 Å². The van der Waals surface area contributed by atoms with E-state index in [9.17, 15) is 14.7 Å². The summed E-state index contributed by atoms with van der Waals surface area (Å²) in [5.74, 6) is -1.59. The van der Waals surface area contributed by atoms with Crippen molar-refractivity contribution in [2.24, 2.45) is 0 Å². The standard InChI is InChI=1S/C33H56O4/c1-3-5-7-9-11-13-15-17-19-21-25-29(26-22-20-18-16-14-12-10-8-6-4-2)37-33(36)31-28-24-23-27-30(31)32(34)35/h23-24,27-29H,3-22,25-26H2,1-2H3,(H,34,35). The predicted molar refractivity (Wildman–Crippen MR) is 156 cm³/mol. The summed E-state index contributed by atoms with van der Waals surface area (Å²) in [6, 6.07) is 6.37. The highest BCUT2D eigenvalue weighted by atomic mass is 16.5. The first-order valence-electron chi connectivity index (χ1n) is 15.6. The average Bonchev–Trinajstić information content (AvgIpc) is 2.90. The molecule has 4 heteroatoms. The number of hydrogen-bond donors (Lipinski definition) is 1. The minimum Gasteiger partial charge on any atom is -0.478 e. The van der Waals surface area contributed by atoms with E-state index in [1.807, 2.05) is 0 Å². The van der Waals surface area contributed by atoms with Crippen molar-refractivity contribution in [2.45, 2.75) is 161 Å². The van der Waals surface area contributed by atoms with Gasteiger partial charge in [0.15, 0.2) is 0 Å². The Morgan fingerprint density at radius 1 is 0.595 bits per heavy atom. The Hall–Kier alpha value is -1.84. The average molecular weight is 517 g/mol. The number of hydrogen-bond acceptors (Lipinski definition) is 3. The number of benzene rings is 1. The third kappa shape index (κ3) is 17.3. The van der Waals surface area contributed by atoms with Crippen molar-refractivity contribution < 1.29 is 19.4 Å². The van der Waals surface area contributed by atoms with Crippen LogP contribution in [0.3, 0.4) is 0 Å². The van der Waals surface area contributed by atoms with Crippen molar-refractivity contribution in [3.8, 4) is 0 Å². The molecule has 0 aromatic heterocycles. The highest BCUT2D eigenvalue weighted by Gasteiger charge is 2.21. The van der Waals surface area contributed by atoms with Gasteiger partial charge in [0.05, 0.1) is 11.1 Å². The zero-order valence-electron chi connectivity index (χ0n) is 24.1. The lowest BCUT2D eigenvalue weighted by atomic mass is 10.0. The van der Waals surface area contributed by atoms with Gasteiger partial charge in [-0.3, -0.25) is 0 Å². The highest BCUT2D eigenvalue weighted by molar-refractivity contribution is 6.02. The normalized spacial score (nSPS) is 11.2. The Bertz CT molecular complexity index is 675. The summed E-state index contributed by atoms with van der Waals surface area (Å²) >= 11 is 0. The van der Waals surface area contributed by atoms with E-state index in [1.165, 1.54) is 122 Å². The Labute approximate surface area is 228 Å². The van der Waals surface area contributed by atoms with Crippen LogP contribution in [-0.2, 0) is 4.74 Å². The van der Waals surface area contributed by atoms with Crippen molar-refractivity contribution >= 4 is 11.9 Å². The number of carboxylic acids is 1. The fraction of sp³-hybridized carbons (Fsp3) is 0.758. The molecular formula is C33H56O4. The maximum absolute atomic E-state index is 12.9. The van der Waals surface area contributed by atoms with E-state index in [0.717, 1.165) is 25.7 Å². The number of rotatable bonds is 25. The Balaban J connectivity index is 2.40. The molecule has 1 rings (SSSR count). The Morgan fingerprint density at radius 3 is 1.32 bits per heavy atom. The van der Waals surface area contributed by atoms with E-state index in [0.29, 0.717) is 0 Å². The maximum atomic E-state index is 12.9. The number of unbranched alkanes of at least 4 members (excludes halogenated alkanes) is 18. The fourth-order valence-electron chi connectivity index (χ4n) is 5.04. The lowest BCUT2D eigenvalue weighted by Crippen LogP contribution is -2.20. The van der Waals surface area contributed by atoms with Crippen LogP contribution in [0, 0.1) is 0 Å². The first-order valence-corrected chi connectivity index (χ1v) is 15.6. The molecule has 0 unspecified atom stereocenters. The number of carbonyl (C=O) groups excluding carboxylic acids is 1. The molecule has 0 aliphatic carbocycles. The summed E-state index contributed by atoms with van der Waals surface area (Å²) in [6.45, 7) is 4.51. The van der Waals surface area contributed by atoms with E-state index in [1.54, 1.807) is 18.2 Å². The van der Waals surface area contributed by atoms with Crippen LogP contribution in [0.5, 0.6) is 0 Å². The number of aromatic carboxylic acids is 1. The summed E-state index contributed by atoms with van der Waals surface area (Å²) < 4.78 is 5.89. The molecular weight excluding hydrogens is 460 g/mol. The largest absolute Gasteiger partial charge is 0.478 e. The molecule has 0 fully saturated rings. The van der Waals surface area contributed by atoms with Crippen LogP contribution in [-0.4, -0.2) is 23.1 Å². The van der Waals surface area contributed by atoms with Gasteiger partial charge in [0.25, 0.3) is 0 Å². The summed E-state index contributed by atoms with van der Waals surface area (Å²) in [7, 11) is 0. The number of carboxylic acid groups (broad SMARTS) is 1. The van der Waals surface area contributed by atoms with Gasteiger partial charge in [0, 0.05) is 0 Å². The molecule has 0 heterocycles. The molecule has 0 bridgehead atoms. The molecule has 1 aromatic rings. The molecule has 4 nitrogen and oxygen atoms in total. The second kappa shape index (κ2) is 23.3. The quantitative estimate of drug-likeness (QED) is 0.104. The second-order valence-corrected chi connectivity index (χ2v) is 10.8. The Kier molecular flexibility index (Phi) is 20.9. The number of ether oxygens (including phenoxy) is 1. The molecule has 0 atom stereocenters. The van der Waals surface area contributed by atoms with Crippen LogP contribution >= 0.6 is 0 Å². The van der Waals surface area contributed by atoms with E-state index in [-0.39, 0.29) is 17.2 Å². The Morgan fingerprint density at radius 2 is 0.946 bits per heavy atom. The summed E-state index contributed by atoms with van der Waals surface area (Å²) in [5, 5.41) is 9.45. The van der Waals surface area contributed by atoms with Crippen LogP contribution in [0.2, 0.25) is 0 Å². The molecule has 212 valence electrons. The third-order valence-electron chi connectivity index (χ3n) is 7.41.